The fourth-order valence-corrected chi connectivity index (χ4v) is 4.46. The summed E-state index contributed by atoms with van der Waals surface area (Å²) in [6, 6.07) is 16.1. The van der Waals surface area contributed by atoms with Crippen LogP contribution in [-0.2, 0) is 11.3 Å². The van der Waals surface area contributed by atoms with Gasteiger partial charge in [-0.3, -0.25) is 0 Å². The van der Waals surface area contributed by atoms with Gasteiger partial charge in [0.2, 0.25) is 5.95 Å². The van der Waals surface area contributed by atoms with E-state index in [1.807, 2.05) is 61.5 Å². The minimum atomic E-state index is -0.299. The zero-order valence-corrected chi connectivity index (χ0v) is 19.7. The lowest BCUT2D eigenvalue weighted by Gasteiger charge is -2.29. The Kier molecular flexibility index (Phi) is 7.40. The van der Waals surface area contributed by atoms with Crippen molar-refractivity contribution in [3.8, 4) is 0 Å². The highest BCUT2D eigenvalue weighted by molar-refractivity contribution is 5.90. The first-order valence-electron chi connectivity index (χ1n) is 11.6. The van der Waals surface area contributed by atoms with Crippen LogP contribution in [0.3, 0.4) is 0 Å². The van der Waals surface area contributed by atoms with E-state index in [9.17, 15) is 4.79 Å². The molecule has 0 atom stereocenters. The number of nitrogens with one attached hydrogen (secondary N) is 2. The monoisotopic (exact) mass is 447 g/mol. The summed E-state index contributed by atoms with van der Waals surface area (Å²) in [5.41, 5.74) is 2.72. The SMILES string of the molecule is COC(=O)c1ccc(CNC[C@H]2CC[C@@H](Nc3nc(N(C)C)c4ccccc4n3)CC2)cc1. The van der Waals surface area contributed by atoms with E-state index in [1.165, 1.54) is 25.5 Å². The standard InChI is InChI=1S/C26H33N5O2/c1-31(2)24-22-6-4-5-7-23(22)29-26(30-24)28-21-14-10-19(11-15-21)17-27-16-18-8-12-20(13-9-18)25(32)33-3/h4-9,12-13,19,21,27H,10-11,14-17H2,1-3H3,(H,28,29,30)/t19-,21+. The van der Waals surface area contributed by atoms with Crippen molar-refractivity contribution in [1.82, 2.24) is 15.3 Å². The molecule has 0 saturated heterocycles. The van der Waals surface area contributed by atoms with Crippen LogP contribution in [0, 0.1) is 5.92 Å². The molecule has 7 heteroatoms. The number of anilines is 2. The van der Waals surface area contributed by atoms with Gasteiger partial charge < -0.3 is 20.3 Å². The number of esters is 1. The van der Waals surface area contributed by atoms with Gasteiger partial charge in [0.25, 0.3) is 0 Å². The van der Waals surface area contributed by atoms with E-state index in [0.717, 1.165) is 48.6 Å². The van der Waals surface area contributed by atoms with Crippen LogP contribution in [0.4, 0.5) is 11.8 Å². The maximum atomic E-state index is 11.5. The van der Waals surface area contributed by atoms with Crippen molar-refractivity contribution in [2.75, 3.05) is 38.0 Å². The number of methoxy groups -OCH3 is 1. The molecule has 2 aromatic carbocycles. The zero-order chi connectivity index (χ0) is 23.2. The first-order valence-corrected chi connectivity index (χ1v) is 11.6. The number of ether oxygens (including phenoxy) is 1. The van der Waals surface area contributed by atoms with E-state index in [4.69, 9.17) is 14.7 Å². The second-order valence-electron chi connectivity index (χ2n) is 8.96. The number of carbonyl (C=O) groups excluding carboxylic acids is 1. The molecule has 1 heterocycles. The Morgan fingerprint density at radius 3 is 2.45 bits per heavy atom. The number of nitrogens with zero attached hydrogens (tertiary/aromatic N) is 3. The van der Waals surface area contributed by atoms with E-state index < -0.39 is 0 Å². The molecule has 0 radical (unpaired) electrons. The van der Waals surface area contributed by atoms with E-state index in [2.05, 4.69) is 16.7 Å². The highest BCUT2D eigenvalue weighted by atomic mass is 16.5. The minimum Gasteiger partial charge on any atom is -0.465 e. The summed E-state index contributed by atoms with van der Waals surface area (Å²) < 4.78 is 4.75. The quantitative estimate of drug-likeness (QED) is 0.500. The largest absolute Gasteiger partial charge is 0.465 e. The van der Waals surface area contributed by atoms with Gasteiger partial charge in [-0.1, -0.05) is 24.3 Å². The van der Waals surface area contributed by atoms with Crippen molar-refractivity contribution in [3.05, 3.63) is 59.7 Å². The fourth-order valence-electron chi connectivity index (χ4n) is 4.46. The molecular weight excluding hydrogens is 414 g/mol. The summed E-state index contributed by atoms with van der Waals surface area (Å²) in [6.45, 7) is 1.81. The van der Waals surface area contributed by atoms with Gasteiger partial charge in [0.05, 0.1) is 18.2 Å². The molecular formula is C26H33N5O2. The van der Waals surface area contributed by atoms with Crippen LogP contribution in [0.2, 0.25) is 0 Å². The lowest BCUT2D eigenvalue weighted by atomic mass is 9.86. The number of hydrogen-bond acceptors (Lipinski definition) is 7. The molecule has 1 aliphatic carbocycles. The van der Waals surface area contributed by atoms with Crippen LogP contribution in [-0.4, -0.2) is 49.7 Å². The second kappa shape index (κ2) is 10.6. The van der Waals surface area contributed by atoms with Crippen LogP contribution in [0.5, 0.6) is 0 Å². The number of aromatic nitrogens is 2. The molecule has 4 rings (SSSR count). The van der Waals surface area contributed by atoms with Crippen molar-refractivity contribution in [1.29, 1.82) is 0 Å². The van der Waals surface area contributed by atoms with Crippen LogP contribution in [0.25, 0.3) is 10.9 Å². The summed E-state index contributed by atoms with van der Waals surface area (Å²) in [5, 5.41) is 8.23. The number of hydrogen-bond donors (Lipinski definition) is 2. The summed E-state index contributed by atoms with van der Waals surface area (Å²) in [6.07, 6.45) is 4.60. The molecule has 1 aromatic heterocycles. The van der Waals surface area contributed by atoms with Crippen LogP contribution >= 0.6 is 0 Å². The Balaban J connectivity index is 1.25. The Morgan fingerprint density at radius 1 is 1.03 bits per heavy atom. The van der Waals surface area contributed by atoms with Gasteiger partial charge in [-0.25, -0.2) is 9.78 Å². The maximum absolute atomic E-state index is 11.5. The molecule has 0 bridgehead atoms. The van der Waals surface area contributed by atoms with Gasteiger partial charge in [0.15, 0.2) is 0 Å². The predicted octanol–water partition coefficient (Wildman–Crippen LogP) is 4.24. The predicted molar refractivity (Wildman–Crippen MR) is 133 cm³/mol. The van der Waals surface area contributed by atoms with Gasteiger partial charge in [-0.2, -0.15) is 4.98 Å². The first-order chi connectivity index (χ1) is 16.0. The van der Waals surface area contributed by atoms with E-state index in [0.29, 0.717) is 17.5 Å². The molecule has 174 valence electrons. The van der Waals surface area contributed by atoms with Gasteiger partial charge in [0, 0.05) is 32.1 Å². The third-order valence-corrected chi connectivity index (χ3v) is 6.32. The summed E-state index contributed by atoms with van der Waals surface area (Å²) in [7, 11) is 5.44. The topological polar surface area (TPSA) is 79.4 Å². The number of rotatable bonds is 8. The van der Waals surface area contributed by atoms with Crippen LogP contribution in [0.1, 0.15) is 41.6 Å². The van der Waals surface area contributed by atoms with Crippen LogP contribution < -0.4 is 15.5 Å². The smallest absolute Gasteiger partial charge is 0.337 e. The summed E-state index contributed by atoms with van der Waals surface area (Å²) in [5.74, 6) is 2.04. The average molecular weight is 448 g/mol. The van der Waals surface area contributed by atoms with Crippen molar-refractivity contribution >= 4 is 28.6 Å². The normalized spacial score (nSPS) is 18.2. The van der Waals surface area contributed by atoms with E-state index in [1.54, 1.807) is 0 Å². The van der Waals surface area contributed by atoms with Gasteiger partial charge in [-0.05, 0) is 68.0 Å². The zero-order valence-electron chi connectivity index (χ0n) is 19.7. The number of benzene rings is 2. The second-order valence-corrected chi connectivity index (χ2v) is 8.96. The van der Waals surface area contributed by atoms with E-state index in [-0.39, 0.29) is 5.97 Å². The fraction of sp³-hybridized carbons (Fsp3) is 0.423. The molecule has 2 N–H and O–H groups in total. The highest BCUT2D eigenvalue weighted by Crippen LogP contribution is 2.28. The van der Waals surface area contributed by atoms with Crippen LogP contribution in [0.15, 0.2) is 48.5 Å². The third kappa shape index (κ3) is 5.79. The maximum Gasteiger partial charge on any atom is 0.337 e. The Hall–Kier alpha value is -3.19. The number of para-hydroxylation sites is 1. The van der Waals surface area contributed by atoms with Gasteiger partial charge in [-0.15, -0.1) is 0 Å². The molecule has 0 amide bonds. The Morgan fingerprint density at radius 2 is 1.76 bits per heavy atom. The summed E-state index contributed by atoms with van der Waals surface area (Å²) >= 11 is 0. The number of fused-ring (bicyclic) bond motifs is 1. The highest BCUT2D eigenvalue weighted by Gasteiger charge is 2.22. The van der Waals surface area contributed by atoms with Crippen molar-refractivity contribution < 1.29 is 9.53 Å². The molecule has 0 unspecified atom stereocenters. The molecule has 1 fully saturated rings. The molecule has 3 aromatic rings. The van der Waals surface area contributed by atoms with Gasteiger partial charge >= 0.3 is 5.97 Å². The average Bonchev–Trinajstić information content (AvgIpc) is 2.84. The summed E-state index contributed by atoms with van der Waals surface area (Å²) in [4.78, 5) is 23.1. The minimum absolute atomic E-state index is 0.299. The number of carbonyl (C=O) groups is 1. The Bertz CT molecular complexity index is 1080. The lowest BCUT2D eigenvalue weighted by molar-refractivity contribution is 0.0600. The Labute approximate surface area is 195 Å². The van der Waals surface area contributed by atoms with Crippen molar-refractivity contribution in [3.63, 3.8) is 0 Å². The third-order valence-electron chi connectivity index (χ3n) is 6.32. The molecule has 1 saturated carbocycles. The van der Waals surface area contributed by atoms with Gasteiger partial charge in [0.1, 0.15) is 5.82 Å². The lowest BCUT2D eigenvalue weighted by Crippen LogP contribution is -2.31. The molecule has 0 aliphatic heterocycles. The van der Waals surface area contributed by atoms with Crippen molar-refractivity contribution in [2.45, 2.75) is 38.3 Å². The molecule has 7 nitrogen and oxygen atoms in total. The molecule has 33 heavy (non-hydrogen) atoms. The first kappa shape index (κ1) is 23.0. The van der Waals surface area contributed by atoms with Crippen molar-refractivity contribution in [2.24, 2.45) is 5.92 Å². The van der Waals surface area contributed by atoms with E-state index >= 15 is 0 Å². The molecule has 0 spiro atoms. The molecule has 1 aliphatic rings.